The highest BCUT2D eigenvalue weighted by atomic mass is 32.1. The minimum atomic E-state index is -0.695. The van der Waals surface area contributed by atoms with Crippen LogP contribution in [0.3, 0.4) is 0 Å². The Hall–Kier alpha value is -3.00. The van der Waals surface area contributed by atoms with Crippen molar-refractivity contribution in [3.05, 3.63) is 61.7 Å². The molecule has 35 heavy (non-hydrogen) atoms. The fourth-order valence-electron chi connectivity index (χ4n) is 7.91. The van der Waals surface area contributed by atoms with Crippen LogP contribution in [0.2, 0.25) is 0 Å². The molecule has 1 aliphatic heterocycles. The molecular weight excluding hydrogens is 462 g/mol. The van der Waals surface area contributed by atoms with Crippen LogP contribution < -0.4 is 11.1 Å². The van der Waals surface area contributed by atoms with Crippen molar-refractivity contribution in [1.29, 1.82) is 0 Å². The maximum absolute atomic E-state index is 14.2. The second-order valence-corrected chi connectivity index (χ2v) is 12.1. The van der Waals surface area contributed by atoms with Crippen LogP contribution in [0.15, 0.2) is 35.5 Å². The molecule has 0 spiro atoms. The van der Waals surface area contributed by atoms with Gasteiger partial charge in [-0.25, -0.2) is 0 Å². The van der Waals surface area contributed by atoms with E-state index >= 15 is 0 Å². The summed E-state index contributed by atoms with van der Waals surface area (Å²) in [5.41, 5.74) is 8.85. The Kier molecular flexibility index (Phi) is 4.97. The average molecular weight is 492 g/mol. The number of ketones is 2. The molecule has 1 aromatic carbocycles. The molecule has 2 aromatic rings. The number of nitrogens with two attached hydrogens (primary N) is 1. The molecule has 7 rings (SSSR count). The van der Waals surface area contributed by atoms with Crippen molar-refractivity contribution in [2.24, 2.45) is 23.2 Å². The Balaban J connectivity index is 1.49. The number of carbonyl (C=O) groups excluding carboxylic acids is 2. The number of Topliss-reactive ketones (excluding diaryl/α,β-unsaturated/α-hetero) is 2. The number of nitro groups is 1. The van der Waals surface area contributed by atoms with Gasteiger partial charge >= 0.3 is 0 Å². The molecule has 1 atom stereocenters. The maximum atomic E-state index is 14.2. The number of rotatable bonds is 5. The Bertz CT molecular complexity index is 1290. The van der Waals surface area contributed by atoms with E-state index in [2.05, 4.69) is 5.32 Å². The van der Waals surface area contributed by atoms with E-state index in [1.165, 1.54) is 43.6 Å². The Labute approximate surface area is 207 Å². The number of carbonyl (C=O) groups is 2. The number of para-hydroxylation sites is 1. The fraction of sp³-hybridized carbons (Fsp3) is 0.481. The summed E-state index contributed by atoms with van der Waals surface area (Å²) in [5.74, 6) is 1.16. The predicted molar refractivity (Wildman–Crippen MR) is 136 cm³/mol. The van der Waals surface area contributed by atoms with E-state index < -0.39 is 10.8 Å². The first-order valence-electron chi connectivity index (χ1n) is 12.4. The van der Waals surface area contributed by atoms with E-state index in [0.717, 1.165) is 19.3 Å². The summed E-state index contributed by atoms with van der Waals surface area (Å²) in [6.07, 6.45) is 6.56. The van der Waals surface area contributed by atoms with Gasteiger partial charge < -0.3 is 11.1 Å². The highest BCUT2D eigenvalue weighted by molar-refractivity contribution is 7.19. The van der Waals surface area contributed by atoms with Gasteiger partial charge in [0.2, 0.25) is 0 Å². The standard InChI is InChI=1S/C27H29N3O4S/c1-13-20(14(2)31)21(18-5-3-4-6-19(18)30(33)34)22-23(28)24(35-26(22)29-13)25(32)27-10-15-7-16(11-27)9-17(8-15)12-27/h3-6,15-17,21,29H,7-12,28H2,1-2H3/t15?,16?,17?,21-,27?/m0/s1. The van der Waals surface area contributed by atoms with Crippen molar-refractivity contribution in [1.82, 2.24) is 0 Å². The van der Waals surface area contributed by atoms with Gasteiger partial charge in [0.1, 0.15) is 0 Å². The second kappa shape index (κ2) is 7.75. The number of hydrogen-bond acceptors (Lipinski definition) is 7. The highest BCUT2D eigenvalue weighted by Crippen LogP contribution is 2.62. The van der Waals surface area contributed by atoms with Crippen LogP contribution in [0.25, 0.3) is 0 Å². The second-order valence-electron chi connectivity index (χ2n) is 11.1. The third kappa shape index (κ3) is 3.29. The number of anilines is 2. The average Bonchev–Trinajstić information content (AvgIpc) is 3.12. The molecule has 4 fully saturated rings. The normalized spacial score (nSPS) is 30.7. The largest absolute Gasteiger partial charge is 0.397 e. The summed E-state index contributed by atoms with van der Waals surface area (Å²) in [7, 11) is 0. The summed E-state index contributed by atoms with van der Waals surface area (Å²) < 4.78 is 0. The Morgan fingerprint density at radius 1 is 1.11 bits per heavy atom. The van der Waals surface area contributed by atoms with Crippen molar-refractivity contribution >= 4 is 39.3 Å². The van der Waals surface area contributed by atoms with Crippen LogP contribution in [-0.2, 0) is 4.79 Å². The molecule has 3 N–H and O–H groups in total. The SMILES string of the molecule is CC(=O)C1=C(C)Nc2sc(C(=O)C34CC5CC(CC(C5)C3)C4)c(N)c2[C@H]1c1ccccc1[N+](=O)[O-]. The van der Waals surface area contributed by atoms with Gasteiger partial charge in [-0.1, -0.05) is 18.2 Å². The van der Waals surface area contributed by atoms with Crippen LogP contribution in [0.4, 0.5) is 16.4 Å². The Morgan fingerprint density at radius 3 is 2.29 bits per heavy atom. The predicted octanol–water partition coefficient (Wildman–Crippen LogP) is 6.06. The molecule has 0 amide bonds. The van der Waals surface area contributed by atoms with Crippen molar-refractivity contribution in [2.45, 2.75) is 58.3 Å². The van der Waals surface area contributed by atoms with Crippen LogP contribution in [0.5, 0.6) is 0 Å². The highest BCUT2D eigenvalue weighted by Gasteiger charge is 2.55. The molecular formula is C27H29N3O4S. The van der Waals surface area contributed by atoms with Crippen molar-refractivity contribution in [3.8, 4) is 0 Å². The number of nitrogen functional groups attached to an aromatic ring is 1. The monoisotopic (exact) mass is 491 g/mol. The summed E-state index contributed by atoms with van der Waals surface area (Å²) in [4.78, 5) is 39.0. The molecule has 4 bridgehead atoms. The maximum Gasteiger partial charge on any atom is 0.273 e. The van der Waals surface area contributed by atoms with E-state index in [1.54, 1.807) is 25.1 Å². The molecule has 2 heterocycles. The van der Waals surface area contributed by atoms with Crippen LogP contribution >= 0.6 is 11.3 Å². The van der Waals surface area contributed by atoms with E-state index in [1.807, 2.05) is 0 Å². The zero-order valence-corrected chi connectivity index (χ0v) is 20.7. The van der Waals surface area contributed by atoms with Crippen LogP contribution in [0.1, 0.15) is 79.1 Å². The lowest BCUT2D eigenvalue weighted by Crippen LogP contribution is -2.50. The minimum absolute atomic E-state index is 0.0588. The first kappa shape index (κ1) is 22.5. The summed E-state index contributed by atoms with van der Waals surface area (Å²) in [5, 5.41) is 15.9. The molecule has 0 radical (unpaired) electrons. The first-order chi connectivity index (χ1) is 16.7. The lowest BCUT2D eigenvalue weighted by atomic mass is 9.48. The van der Waals surface area contributed by atoms with Crippen LogP contribution in [-0.4, -0.2) is 16.5 Å². The third-order valence-electron chi connectivity index (χ3n) is 8.82. The number of nitrogens with zero attached hydrogens (tertiary/aromatic N) is 1. The number of nitrogens with one attached hydrogen (secondary N) is 1. The number of hydrogen-bond donors (Lipinski definition) is 2. The quantitative estimate of drug-likeness (QED) is 0.298. The minimum Gasteiger partial charge on any atom is -0.397 e. The lowest BCUT2D eigenvalue weighted by molar-refractivity contribution is -0.385. The van der Waals surface area contributed by atoms with Crippen molar-refractivity contribution < 1.29 is 14.5 Å². The number of thiophene rings is 1. The van der Waals surface area contributed by atoms with E-state index in [4.69, 9.17) is 5.73 Å². The van der Waals surface area contributed by atoms with Gasteiger partial charge in [0.05, 0.1) is 26.4 Å². The molecule has 0 saturated heterocycles. The summed E-state index contributed by atoms with van der Waals surface area (Å²) >= 11 is 1.35. The van der Waals surface area contributed by atoms with E-state index in [9.17, 15) is 19.7 Å². The van der Waals surface area contributed by atoms with E-state index in [-0.39, 0.29) is 22.7 Å². The molecule has 7 nitrogen and oxygen atoms in total. The number of fused-ring (bicyclic) bond motifs is 1. The molecule has 1 aromatic heterocycles. The van der Waals surface area contributed by atoms with Gasteiger partial charge in [0.15, 0.2) is 11.6 Å². The molecule has 5 aliphatic rings. The van der Waals surface area contributed by atoms with Gasteiger partial charge in [-0.15, -0.1) is 11.3 Å². The molecule has 8 heteroatoms. The topological polar surface area (TPSA) is 115 Å². The molecule has 4 aliphatic carbocycles. The summed E-state index contributed by atoms with van der Waals surface area (Å²) in [6.45, 7) is 3.27. The summed E-state index contributed by atoms with van der Waals surface area (Å²) in [6, 6.07) is 6.49. The zero-order chi connectivity index (χ0) is 24.6. The Morgan fingerprint density at radius 2 is 1.71 bits per heavy atom. The smallest absolute Gasteiger partial charge is 0.273 e. The van der Waals surface area contributed by atoms with Gasteiger partial charge in [0.25, 0.3) is 5.69 Å². The number of benzene rings is 1. The number of nitro benzene ring substituents is 1. The number of allylic oxidation sites excluding steroid dienone is 2. The van der Waals surface area contributed by atoms with Gasteiger partial charge in [-0.2, -0.15) is 0 Å². The van der Waals surface area contributed by atoms with Crippen molar-refractivity contribution in [2.75, 3.05) is 11.1 Å². The lowest BCUT2D eigenvalue weighted by Gasteiger charge is -2.55. The molecule has 182 valence electrons. The van der Waals surface area contributed by atoms with Gasteiger partial charge in [0, 0.05) is 33.9 Å². The van der Waals surface area contributed by atoms with Gasteiger partial charge in [-0.05, 0) is 70.1 Å². The van der Waals surface area contributed by atoms with Crippen molar-refractivity contribution in [3.63, 3.8) is 0 Å². The molecule has 4 saturated carbocycles. The van der Waals surface area contributed by atoms with Gasteiger partial charge in [-0.3, -0.25) is 19.7 Å². The third-order valence-corrected chi connectivity index (χ3v) is 9.95. The van der Waals surface area contributed by atoms with E-state index in [0.29, 0.717) is 55.7 Å². The van der Waals surface area contributed by atoms with Crippen LogP contribution in [0, 0.1) is 33.3 Å². The fourth-order valence-corrected chi connectivity index (χ4v) is 9.18. The first-order valence-corrected chi connectivity index (χ1v) is 13.2. The zero-order valence-electron chi connectivity index (χ0n) is 19.9. The molecule has 0 unspecified atom stereocenters.